The summed E-state index contributed by atoms with van der Waals surface area (Å²) in [5, 5.41) is 8.72. The second-order valence-corrected chi connectivity index (χ2v) is 6.28. The summed E-state index contributed by atoms with van der Waals surface area (Å²) in [4.78, 5) is 26.6. The van der Waals surface area contributed by atoms with Gasteiger partial charge in [-0.15, -0.1) is 0 Å². The molecule has 0 saturated carbocycles. The number of hydrogen-bond donors (Lipinski definition) is 1. The Kier molecular flexibility index (Phi) is 5.85. The molecule has 2 fully saturated rings. The van der Waals surface area contributed by atoms with Crippen LogP contribution in [0.3, 0.4) is 0 Å². The van der Waals surface area contributed by atoms with Crippen LogP contribution in [-0.2, 0) is 9.53 Å². The van der Waals surface area contributed by atoms with Gasteiger partial charge in [0.15, 0.2) is 0 Å². The van der Waals surface area contributed by atoms with E-state index in [0.29, 0.717) is 24.8 Å². The number of ether oxygens (including phenoxy) is 1. The number of amides is 2. The Hall–Kier alpha value is -1.30. The first-order valence-corrected chi connectivity index (χ1v) is 7.86. The van der Waals surface area contributed by atoms with Gasteiger partial charge in [0.1, 0.15) is 0 Å². The van der Waals surface area contributed by atoms with Crippen molar-refractivity contribution in [1.29, 1.82) is 0 Å². The van der Waals surface area contributed by atoms with Crippen molar-refractivity contribution in [2.45, 2.75) is 32.1 Å². The number of carboxylic acid groups (broad SMARTS) is 1. The first-order chi connectivity index (χ1) is 10.1. The maximum Gasteiger partial charge on any atom is 0.319 e. The smallest absolute Gasteiger partial charge is 0.319 e. The Morgan fingerprint density at radius 3 is 2.81 bits per heavy atom. The van der Waals surface area contributed by atoms with E-state index in [2.05, 4.69) is 0 Å². The Bertz CT molecular complexity index is 369. The maximum absolute atomic E-state index is 12.4. The van der Waals surface area contributed by atoms with Crippen LogP contribution < -0.4 is 0 Å². The van der Waals surface area contributed by atoms with Crippen LogP contribution in [0.4, 0.5) is 4.79 Å². The van der Waals surface area contributed by atoms with Crippen LogP contribution in [-0.4, -0.2) is 66.8 Å². The number of hydrogen-bond acceptors (Lipinski definition) is 3. The molecule has 0 aromatic rings. The van der Waals surface area contributed by atoms with Gasteiger partial charge in [0, 0.05) is 45.6 Å². The molecular formula is C15H26N2O4. The molecule has 120 valence electrons. The number of carboxylic acids is 1. The minimum atomic E-state index is -0.755. The van der Waals surface area contributed by atoms with E-state index in [1.807, 2.05) is 11.9 Å². The summed E-state index contributed by atoms with van der Waals surface area (Å²) in [7, 11) is 1.85. The van der Waals surface area contributed by atoms with Crippen LogP contribution in [0.1, 0.15) is 32.1 Å². The van der Waals surface area contributed by atoms with Gasteiger partial charge in [-0.3, -0.25) is 4.79 Å². The van der Waals surface area contributed by atoms with Crippen molar-refractivity contribution in [3.63, 3.8) is 0 Å². The number of carbonyl (C=O) groups is 2. The van der Waals surface area contributed by atoms with Gasteiger partial charge in [-0.2, -0.15) is 0 Å². The van der Waals surface area contributed by atoms with E-state index in [9.17, 15) is 9.59 Å². The van der Waals surface area contributed by atoms with Crippen molar-refractivity contribution in [1.82, 2.24) is 9.80 Å². The molecule has 0 aromatic heterocycles. The van der Waals surface area contributed by atoms with Crippen LogP contribution in [0, 0.1) is 11.8 Å². The Labute approximate surface area is 126 Å². The molecule has 1 N–H and O–H groups in total. The Morgan fingerprint density at radius 1 is 1.33 bits per heavy atom. The highest BCUT2D eigenvalue weighted by molar-refractivity contribution is 5.74. The molecule has 0 radical (unpaired) electrons. The molecule has 0 aliphatic carbocycles. The van der Waals surface area contributed by atoms with E-state index >= 15 is 0 Å². The van der Waals surface area contributed by atoms with Crippen LogP contribution >= 0.6 is 0 Å². The van der Waals surface area contributed by atoms with E-state index in [1.54, 1.807) is 4.90 Å². The molecule has 2 aliphatic rings. The summed E-state index contributed by atoms with van der Waals surface area (Å²) in [5.41, 5.74) is 0. The quantitative estimate of drug-likeness (QED) is 0.838. The molecular weight excluding hydrogens is 272 g/mol. The fraction of sp³-hybridized carbons (Fsp3) is 0.867. The molecule has 21 heavy (non-hydrogen) atoms. The van der Waals surface area contributed by atoms with E-state index in [-0.39, 0.29) is 12.5 Å². The third-order valence-corrected chi connectivity index (χ3v) is 4.44. The van der Waals surface area contributed by atoms with Gasteiger partial charge in [-0.05, 0) is 31.6 Å². The zero-order chi connectivity index (χ0) is 15.2. The Morgan fingerprint density at radius 2 is 2.14 bits per heavy atom. The average molecular weight is 298 g/mol. The van der Waals surface area contributed by atoms with E-state index < -0.39 is 5.97 Å². The molecule has 2 unspecified atom stereocenters. The summed E-state index contributed by atoms with van der Waals surface area (Å²) in [6, 6.07) is 0.0680. The molecule has 2 rings (SSSR count). The molecule has 0 aromatic carbocycles. The number of likely N-dealkylation sites (tertiary alicyclic amines) is 1. The van der Waals surface area contributed by atoms with Crippen molar-refractivity contribution in [3.05, 3.63) is 0 Å². The highest BCUT2D eigenvalue weighted by Gasteiger charge is 2.29. The fourth-order valence-corrected chi connectivity index (χ4v) is 3.23. The van der Waals surface area contributed by atoms with Gasteiger partial charge in [0.2, 0.25) is 0 Å². The summed E-state index contributed by atoms with van der Waals surface area (Å²) in [6.45, 7) is 3.77. The van der Waals surface area contributed by atoms with Crippen molar-refractivity contribution in [2.24, 2.45) is 11.8 Å². The summed E-state index contributed by atoms with van der Waals surface area (Å²) in [6.07, 6.45) is 3.98. The molecule has 2 aliphatic heterocycles. The van der Waals surface area contributed by atoms with Crippen molar-refractivity contribution in [3.8, 4) is 0 Å². The molecule has 6 nitrogen and oxygen atoms in total. The SMILES string of the molecule is CN(CC1CCCOC1)C(=O)N1CCC(CCC(=O)O)C1. The van der Waals surface area contributed by atoms with Crippen LogP contribution in [0.5, 0.6) is 0 Å². The van der Waals surface area contributed by atoms with Crippen LogP contribution in [0.15, 0.2) is 0 Å². The van der Waals surface area contributed by atoms with Gasteiger partial charge in [0.25, 0.3) is 0 Å². The standard InChI is InChI=1S/C15H26N2O4/c1-16(9-13-3-2-8-21-11-13)15(20)17-7-6-12(10-17)4-5-14(18)19/h12-13H,2-11H2,1H3,(H,18,19). The minimum Gasteiger partial charge on any atom is -0.481 e. The molecule has 2 heterocycles. The van der Waals surface area contributed by atoms with E-state index in [4.69, 9.17) is 9.84 Å². The largest absolute Gasteiger partial charge is 0.481 e. The lowest BCUT2D eigenvalue weighted by atomic mass is 10.0. The number of aliphatic carboxylic acids is 1. The summed E-state index contributed by atoms with van der Waals surface area (Å²) >= 11 is 0. The molecule has 2 atom stereocenters. The second-order valence-electron chi connectivity index (χ2n) is 6.28. The van der Waals surface area contributed by atoms with E-state index in [1.165, 1.54) is 0 Å². The van der Waals surface area contributed by atoms with Gasteiger partial charge in [-0.1, -0.05) is 0 Å². The zero-order valence-corrected chi connectivity index (χ0v) is 12.8. The highest BCUT2D eigenvalue weighted by Crippen LogP contribution is 2.22. The van der Waals surface area contributed by atoms with E-state index in [0.717, 1.165) is 45.6 Å². The predicted octanol–water partition coefficient (Wildman–Crippen LogP) is 1.65. The van der Waals surface area contributed by atoms with Crippen molar-refractivity contribution >= 4 is 12.0 Å². The zero-order valence-electron chi connectivity index (χ0n) is 12.8. The first kappa shape index (κ1) is 16.1. The van der Waals surface area contributed by atoms with Gasteiger partial charge in [0.05, 0.1) is 6.61 Å². The van der Waals surface area contributed by atoms with Gasteiger partial charge in [-0.25, -0.2) is 4.79 Å². The number of nitrogens with zero attached hydrogens (tertiary/aromatic N) is 2. The second kappa shape index (κ2) is 7.64. The highest BCUT2D eigenvalue weighted by atomic mass is 16.5. The Balaban J connectivity index is 1.73. The van der Waals surface area contributed by atoms with Gasteiger partial charge < -0.3 is 19.6 Å². The van der Waals surface area contributed by atoms with Gasteiger partial charge >= 0.3 is 12.0 Å². The van der Waals surface area contributed by atoms with Crippen LogP contribution in [0.2, 0.25) is 0 Å². The predicted molar refractivity (Wildman–Crippen MR) is 78.1 cm³/mol. The molecule has 2 amide bonds. The molecule has 0 spiro atoms. The van der Waals surface area contributed by atoms with Crippen molar-refractivity contribution < 1.29 is 19.4 Å². The lowest BCUT2D eigenvalue weighted by molar-refractivity contribution is -0.137. The maximum atomic E-state index is 12.4. The molecule has 6 heteroatoms. The normalized spacial score (nSPS) is 25.9. The molecule has 2 saturated heterocycles. The summed E-state index contributed by atoms with van der Waals surface area (Å²) < 4.78 is 5.45. The monoisotopic (exact) mass is 298 g/mol. The molecule has 0 bridgehead atoms. The third kappa shape index (κ3) is 4.88. The average Bonchev–Trinajstić information content (AvgIpc) is 2.94. The number of rotatable bonds is 5. The number of urea groups is 1. The lowest BCUT2D eigenvalue weighted by Crippen LogP contribution is -2.43. The first-order valence-electron chi connectivity index (χ1n) is 7.86. The fourth-order valence-electron chi connectivity index (χ4n) is 3.23. The topological polar surface area (TPSA) is 70.1 Å². The lowest BCUT2D eigenvalue weighted by Gasteiger charge is -2.30. The minimum absolute atomic E-state index is 0.0680. The van der Waals surface area contributed by atoms with Crippen molar-refractivity contribution in [2.75, 3.05) is 39.9 Å². The van der Waals surface area contributed by atoms with Crippen LogP contribution in [0.25, 0.3) is 0 Å². The number of carbonyl (C=O) groups excluding carboxylic acids is 1. The summed E-state index contributed by atoms with van der Waals surface area (Å²) in [5.74, 6) is 0.0174. The third-order valence-electron chi connectivity index (χ3n) is 4.44.